The first kappa shape index (κ1) is 13.5. The Balaban J connectivity index is 2.53. The van der Waals surface area contributed by atoms with Crippen LogP contribution in [0.1, 0.15) is 31.4 Å². The van der Waals surface area contributed by atoms with E-state index >= 15 is 0 Å². The number of nitrogens with zero attached hydrogens (tertiary/aromatic N) is 2. The highest BCUT2D eigenvalue weighted by atomic mass is 15.0. The third kappa shape index (κ3) is 2.92. The van der Waals surface area contributed by atoms with Crippen molar-refractivity contribution in [1.29, 1.82) is 0 Å². The maximum atomic E-state index is 4.50. The zero-order chi connectivity index (χ0) is 13.7. The minimum atomic E-state index is 0.939. The molecule has 1 aromatic heterocycles. The molecule has 0 saturated carbocycles. The van der Waals surface area contributed by atoms with E-state index in [1.54, 1.807) is 6.33 Å². The van der Waals surface area contributed by atoms with Crippen LogP contribution in [0.5, 0.6) is 0 Å². The number of anilines is 1. The molecule has 0 atom stereocenters. The molecule has 100 valence electrons. The second kappa shape index (κ2) is 6.32. The summed E-state index contributed by atoms with van der Waals surface area (Å²) >= 11 is 0. The van der Waals surface area contributed by atoms with Crippen molar-refractivity contribution in [2.45, 2.75) is 33.1 Å². The number of aryl methyl sites for hydroxylation is 1. The highest BCUT2D eigenvalue weighted by molar-refractivity contribution is 5.68. The van der Waals surface area contributed by atoms with E-state index < -0.39 is 0 Å². The molecule has 1 aromatic carbocycles. The van der Waals surface area contributed by atoms with Gasteiger partial charge in [-0.15, -0.1) is 0 Å². The quantitative estimate of drug-likeness (QED) is 0.885. The molecule has 2 aromatic rings. The molecule has 2 rings (SSSR count). The lowest BCUT2D eigenvalue weighted by molar-refractivity contribution is 0.905. The summed E-state index contributed by atoms with van der Waals surface area (Å²) in [4.78, 5) is 8.82. The van der Waals surface area contributed by atoms with Crippen LogP contribution in [0, 0.1) is 0 Å². The maximum absolute atomic E-state index is 4.50. The van der Waals surface area contributed by atoms with Crippen molar-refractivity contribution in [3.63, 3.8) is 0 Å². The fourth-order valence-corrected chi connectivity index (χ4v) is 2.30. The molecule has 0 aliphatic rings. The highest BCUT2D eigenvalue weighted by Crippen LogP contribution is 2.27. The Morgan fingerprint density at radius 1 is 1.16 bits per heavy atom. The van der Waals surface area contributed by atoms with E-state index in [2.05, 4.69) is 53.4 Å². The molecule has 0 aliphatic heterocycles. The second-order valence-corrected chi connectivity index (χ2v) is 4.60. The third-order valence-electron chi connectivity index (χ3n) is 3.29. The molecule has 3 nitrogen and oxygen atoms in total. The summed E-state index contributed by atoms with van der Waals surface area (Å²) in [6.07, 6.45) is 4.76. The monoisotopic (exact) mass is 255 g/mol. The van der Waals surface area contributed by atoms with E-state index in [-0.39, 0.29) is 0 Å². The predicted octanol–water partition coefficient (Wildman–Crippen LogP) is 3.70. The molecule has 0 radical (unpaired) electrons. The predicted molar refractivity (Wildman–Crippen MR) is 80.4 cm³/mol. The zero-order valence-corrected chi connectivity index (χ0v) is 11.9. The smallest absolute Gasteiger partial charge is 0.132 e. The Morgan fingerprint density at radius 3 is 2.68 bits per heavy atom. The second-order valence-electron chi connectivity index (χ2n) is 4.60. The third-order valence-corrected chi connectivity index (χ3v) is 3.29. The minimum absolute atomic E-state index is 0.939. The first-order valence-corrected chi connectivity index (χ1v) is 6.91. The number of benzene rings is 1. The minimum Gasteiger partial charge on any atom is -0.373 e. The van der Waals surface area contributed by atoms with Gasteiger partial charge in [0.1, 0.15) is 12.1 Å². The van der Waals surface area contributed by atoms with Crippen LogP contribution in [0.3, 0.4) is 0 Å². The Labute approximate surface area is 115 Å². The van der Waals surface area contributed by atoms with Gasteiger partial charge in [0, 0.05) is 18.2 Å². The molecular weight excluding hydrogens is 234 g/mol. The van der Waals surface area contributed by atoms with Crippen molar-refractivity contribution in [3.05, 3.63) is 41.7 Å². The summed E-state index contributed by atoms with van der Waals surface area (Å²) in [7, 11) is 1.91. The molecule has 0 saturated heterocycles. The van der Waals surface area contributed by atoms with Gasteiger partial charge in [-0.05, 0) is 24.5 Å². The Hall–Kier alpha value is -1.90. The summed E-state index contributed by atoms with van der Waals surface area (Å²) in [5.74, 6) is 0.939. The van der Waals surface area contributed by atoms with Gasteiger partial charge in [-0.1, -0.05) is 38.5 Å². The number of hydrogen-bond donors (Lipinski definition) is 1. The van der Waals surface area contributed by atoms with Crippen LogP contribution < -0.4 is 5.32 Å². The topological polar surface area (TPSA) is 37.8 Å². The van der Waals surface area contributed by atoms with E-state index in [0.29, 0.717) is 0 Å². The van der Waals surface area contributed by atoms with Crippen LogP contribution >= 0.6 is 0 Å². The fourth-order valence-electron chi connectivity index (χ4n) is 2.30. The van der Waals surface area contributed by atoms with Crippen LogP contribution in [0.25, 0.3) is 11.3 Å². The summed E-state index contributed by atoms with van der Waals surface area (Å²) in [6, 6.07) is 8.61. The molecule has 3 heteroatoms. The van der Waals surface area contributed by atoms with E-state index in [1.165, 1.54) is 16.7 Å². The van der Waals surface area contributed by atoms with Crippen LogP contribution in [0.2, 0.25) is 0 Å². The maximum Gasteiger partial charge on any atom is 0.132 e. The molecule has 0 unspecified atom stereocenters. The van der Waals surface area contributed by atoms with Crippen LogP contribution in [-0.4, -0.2) is 17.0 Å². The number of hydrogen-bond acceptors (Lipinski definition) is 3. The molecule has 0 spiro atoms. The van der Waals surface area contributed by atoms with Gasteiger partial charge < -0.3 is 5.32 Å². The van der Waals surface area contributed by atoms with Crippen molar-refractivity contribution in [1.82, 2.24) is 9.97 Å². The summed E-state index contributed by atoms with van der Waals surface area (Å²) in [5, 5.41) is 3.17. The Bertz CT molecular complexity index is 549. The SMILES string of the molecule is CCCc1c(NC)ncnc1-c1cccc(CC)c1. The normalized spacial score (nSPS) is 10.5. The number of aromatic nitrogens is 2. The van der Waals surface area contributed by atoms with E-state index in [4.69, 9.17) is 0 Å². The summed E-state index contributed by atoms with van der Waals surface area (Å²) in [6.45, 7) is 4.35. The highest BCUT2D eigenvalue weighted by Gasteiger charge is 2.11. The standard InChI is InChI=1S/C16H21N3/c1-4-7-14-15(18-11-19-16(14)17-3)13-9-6-8-12(5-2)10-13/h6,8-11H,4-5,7H2,1-3H3,(H,17,18,19). The lowest BCUT2D eigenvalue weighted by atomic mass is 10.0. The van der Waals surface area contributed by atoms with Gasteiger partial charge in [-0.25, -0.2) is 9.97 Å². The lowest BCUT2D eigenvalue weighted by Gasteiger charge is -2.12. The molecule has 1 N–H and O–H groups in total. The van der Waals surface area contributed by atoms with Crippen LogP contribution in [-0.2, 0) is 12.8 Å². The van der Waals surface area contributed by atoms with Gasteiger partial charge in [0.2, 0.25) is 0 Å². The van der Waals surface area contributed by atoms with Gasteiger partial charge >= 0.3 is 0 Å². The van der Waals surface area contributed by atoms with E-state index in [1.807, 2.05) is 7.05 Å². The Kier molecular flexibility index (Phi) is 4.50. The van der Waals surface area contributed by atoms with Gasteiger partial charge in [0.15, 0.2) is 0 Å². The average molecular weight is 255 g/mol. The van der Waals surface area contributed by atoms with Crippen molar-refractivity contribution in [2.75, 3.05) is 12.4 Å². The summed E-state index contributed by atoms with van der Waals surface area (Å²) in [5.41, 5.74) is 4.78. The molecule has 0 bridgehead atoms. The zero-order valence-electron chi connectivity index (χ0n) is 11.9. The first-order chi connectivity index (χ1) is 9.30. The lowest BCUT2D eigenvalue weighted by Crippen LogP contribution is -2.03. The van der Waals surface area contributed by atoms with Gasteiger partial charge in [-0.3, -0.25) is 0 Å². The molecule has 1 heterocycles. The fraction of sp³-hybridized carbons (Fsp3) is 0.375. The summed E-state index contributed by atoms with van der Waals surface area (Å²) < 4.78 is 0. The number of rotatable bonds is 5. The largest absolute Gasteiger partial charge is 0.373 e. The Morgan fingerprint density at radius 2 is 2.00 bits per heavy atom. The van der Waals surface area contributed by atoms with Crippen LogP contribution in [0.15, 0.2) is 30.6 Å². The van der Waals surface area contributed by atoms with Gasteiger partial charge in [0.25, 0.3) is 0 Å². The van der Waals surface area contributed by atoms with Crippen molar-refractivity contribution in [3.8, 4) is 11.3 Å². The van der Waals surface area contributed by atoms with Crippen molar-refractivity contribution >= 4 is 5.82 Å². The van der Waals surface area contributed by atoms with E-state index in [9.17, 15) is 0 Å². The van der Waals surface area contributed by atoms with Crippen LogP contribution in [0.4, 0.5) is 5.82 Å². The average Bonchev–Trinajstić information content (AvgIpc) is 2.48. The van der Waals surface area contributed by atoms with Gasteiger partial charge in [0.05, 0.1) is 5.69 Å². The van der Waals surface area contributed by atoms with E-state index in [0.717, 1.165) is 30.8 Å². The van der Waals surface area contributed by atoms with Gasteiger partial charge in [-0.2, -0.15) is 0 Å². The molecule has 0 amide bonds. The molecular formula is C16H21N3. The number of nitrogens with one attached hydrogen (secondary N) is 1. The molecule has 0 aliphatic carbocycles. The molecule has 0 fully saturated rings. The first-order valence-electron chi connectivity index (χ1n) is 6.91. The molecule has 19 heavy (non-hydrogen) atoms. The van der Waals surface area contributed by atoms with Crippen molar-refractivity contribution < 1.29 is 0 Å². The van der Waals surface area contributed by atoms with Crippen molar-refractivity contribution in [2.24, 2.45) is 0 Å².